The molecule has 2 heterocycles. The third-order valence-corrected chi connectivity index (χ3v) is 5.64. The molecule has 0 radical (unpaired) electrons. The fraction of sp³-hybridized carbons (Fsp3) is 0.600. The van der Waals surface area contributed by atoms with Crippen LogP contribution in [0.25, 0.3) is 0 Å². The first-order chi connectivity index (χ1) is 8.74. The molecule has 0 bridgehead atoms. The molecular weight excluding hydrogens is 240 g/mol. The molecule has 2 atom stereocenters. The number of nitrogens with one attached hydrogen (secondary N) is 1. The minimum absolute atomic E-state index is 0.690. The van der Waals surface area contributed by atoms with Crippen LogP contribution in [0.3, 0.4) is 0 Å². The van der Waals surface area contributed by atoms with Crippen LogP contribution in [-0.2, 0) is 19.6 Å². The van der Waals surface area contributed by atoms with Gasteiger partial charge in [-0.15, -0.1) is 0 Å². The molecule has 2 aliphatic rings. The van der Waals surface area contributed by atoms with Crippen LogP contribution in [0.1, 0.15) is 30.5 Å². The van der Waals surface area contributed by atoms with E-state index in [4.69, 9.17) is 0 Å². The summed E-state index contributed by atoms with van der Waals surface area (Å²) in [6.07, 6.45) is 0. The van der Waals surface area contributed by atoms with Crippen molar-refractivity contribution in [3.63, 3.8) is 0 Å². The molecule has 0 aromatic heterocycles. The zero-order valence-electron chi connectivity index (χ0n) is 11.3. The molecule has 0 amide bonds. The fourth-order valence-electron chi connectivity index (χ4n) is 2.90. The summed E-state index contributed by atoms with van der Waals surface area (Å²) in [5.41, 5.74) is 4.46. The Morgan fingerprint density at radius 3 is 3.00 bits per heavy atom. The van der Waals surface area contributed by atoms with E-state index in [9.17, 15) is 0 Å². The molecule has 3 rings (SSSR count). The molecule has 0 spiro atoms. The van der Waals surface area contributed by atoms with Crippen LogP contribution >= 0.6 is 11.8 Å². The molecule has 2 nitrogen and oxygen atoms in total. The molecule has 1 saturated heterocycles. The predicted molar refractivity (Wildman–Crippen MR) is 78.8 cm³/mol. The summed E-state index contributed by atoms with van der Waals surface area (Å²) in [6, 6.07) is 7.70. The molecule has 2 unspecified atom stereocenters. The number of hydrogen-bond acceptors (Lipinski definition) is 3. The Morgan fingerprint density at radius 2 is 2.11 bits per heavy atom. The maximum Gasteiger partial charge on any atom is 0.0237 e. The van der Waals surface area contributed by atoms with Gasteiger partial charge in [-0.3, -0.25) is 4.90 Å². The van der Waals surface area contributed by atoms with Gasteiger partial charge in [0.25, 0.3) is 0 Å². The van der Waals surface area contributed by atoms with Crippen molar-refractivity contribution in [2.24, 2.45) is 0 Å². The van der Waals surface area contributed by atoms with Gasteiger partial charge in [-0.25, -0.2) is 0 Å². The normalized spacial score (nSPS) is 28.3. The highest BCUT2D eigenvalue weighted by molar-refractivity contribution is 8.00. The average molecular weight is 262 g/mol. The summed E-state index contributed by atoms with van der Waals surface area (Å²) in [5.74, 6) is 1.28. The van der Waals surface area contributed by atoms with Crippen molar-refractivity contribution >= 4 is 11.8 Å². The third kappa shape index (κ3) is 2.44. The first-order valence-corrected chi connectivity index (χ1v) is 7.96. The topological polar surface area (TPSA) is 15.3 Å². The number of fused-ring (bicyclic) bond motifs is 1. The summed E-state index contributed by atoms with van der Waals surface area (Å²) in [7, 11) is 0. The van der Waals surface area contributed by atoms with E-state index >= 15 is 0 Å². The van der Waals surface area contributed by atoms with Gasteiger partial charge in [0.05, 0.1) is 0 Å². The first-order valence-electron chi connectivity index (χ1n) is 6.91. The number of rotatable bonds is 2. The quantitative estimate of drug-likeness (QED) is 0.882. The summed E-state index contributed by atoms with van der Waals surface area (Å²) < 4.78 is 0. The second-order valence-electron chi connectivity index (χ2n) is 5.49. The zero-order chi connectivity index (χ0) is 12.5. The van der Waals surface area contributed by atoms with Gasteiger partial charge in [0.1, 0.15) is 0 Å². The zero-order valence-corrected chi connectivity index (χ0v) is 12.1. The van der Waals surface area contributed by atoms with Crippen molar-refractivity contribution in [2.45, 2.75) is 44.8 Å². The van der Waals surface area contributed by atoms with Gasteiger partial charge in [0.15, 0.2) is 0 Å². The van der Waals surface area contributed by atoms with Crippen molar-refractivity contribution in [2.75, 3.05) is 12.3 Å². The Labute approximate surface area is 114 Å². The first kappa shape index (κ1) is 12.5. The molecule has 1 aromatic rings. The van der Waals surface area contributed by atoms with Crippen LogP contribution in [-0.4, -0.2) is 28.5 Å². The summed E-state index contributed by atoms with van der Waals surface area (Å²) >= 11 is 2.11. The van der Waals surface area contributed by atoms with Gasteiger partial charge in [0, 0.05) is 43.2 Å². The van der Waals surface area contributed by atoms with Crippen LogP contribution in [0.2, 0.25) is 0 Å². The van der Waals surface area contributed by atoms with E-state index in [0.717, 1.165) is 24.9 Å². The van der Waals surface area contributed by atoms with Crippen molar-refractivity contribution in [1.29, 1.82) is 0 Å². The standard InChI is InChI=1S/C15H22N2S/c1-11-12(2)18-6-5-17(11)10-13-3-4-14-8-16-9-15(14)7-13/h3-4,7,11-12,16H,5-6,8-10H2,1-2H3. The van der Waals surface area contributed by atoms with E-state index in [0.29, 0.717) is 6.04 Å². The Balaban J connectivity index is 1.72. The third-order valence-electron chi connectivity index (χ3n) is 4.30. The minimum Gasteiger partial charge on any atom is -0.309 e. The van der Waals surface area contributed by atoms with E-state index < -0.39 is 0 Å². The highest BCUT2D eigenvalue weighted by Gasteiger charge is 2.25. The molecular formula is C15H22N2S. The van der Waals surface area contributed by atoms with E-state index in [2.05, 4.69) is 54.0 Å². The lowest BCUT2D eigenvalue weighted by Gasteiger charge is -2.37. The number of thioether (sulfide) groups is 1. The Bertz CT molecular complexity index is 433. The lowest BCUT2D eigenvalue weighted by Crippen LogP contribution is -2.43. The maximum atomic E-state index is 3.42. The largest absolute Gasteiger partial charge is 0.309 e. The van der Waals surface area contributed by atoms with Crippen molar-refractivity contribution < 1.29 is 0 Å². The lowest BCUT2D eigenvalue weighted by molar-refractivity contribution is 0.204. The highest BCUT2D eigenvalue weighted by Crippen LogP contribution is 2.26. The summed E-state index contributed by atoms with van der Waals surface area (Å²) in [6.45, 7) is 9.15. The predicted octanol–water partition coefficient (Wildman–Crippen LogP) is 2.62. The van der Waals surface area contributed by atoms with Gasteiger partial charge in [-0.05, 0) is 23.6 Å². The van der Waals surface area contributed by atoms with E-state index in [1.807, 2.05) is 0 Å². The van der Waals surface area contributed by atoms with Crippen molar-refractivity contribution in [1.82, 2.24) is 10.2 Å². The fourth-order valence-corrected chi connectivity index (χ4v) is 4.06. The maximum absolute atomic E-state index is 3.42. The van der Waals surface area contributed by atoms with Gasteiger partial charge in [0.2, 0.25) is 0 Å². The van der Waals surface area contributed by atoms with Crippen LogP contribution in [0.4, 0.5) is 0 Å². The number of hydrogen-bond donors (Lipinski definition) is 1. The van der Waals surface area contributed by atoms with Crippen LogP contribution in [0.15, 0.2) is 18.2 Å². The molecule has 98 valence electrons. The number of benzene rings is 1. The molecule has 2 aliphatic heterocycles. The summed E-state index contributed by atoms with van der Waals surface area (Å²) in [5, 5.41) is 4.18. The second-order valence-corrected chi connectivity index (χ2v) is 6.98. The molecule has 1 aromatic carbocycles. The highest BCUT2D eigenvalue weighted by atomic mass is 32.2. The average Bonchev–Trinajstić information content (AvgIpc) is 2.82. The van der Waals surface area contributed by atoms with Gasteiger partial charge in [-0.1, -0.05) is 25.1 Å². The van der Waals surface area contributed by atoms with Gasteiger partial charge in [-0.2, -0.15) is 11.8 Å². The second kappa shape index (κ2) is 5.24. The molecule has 1 fully saturated rings. The SMILES string of the molecule is CC1SCCN(Cc2ccc3c(c2)CNC3)C1C. The lowest BCUT2D eigenvalue weighted by atomic mass is 10.1. The smallest absolute Gasteiger partial charge is 0.0237 e. The van der Waals surface area contributed by atoms with Crippen LogP contribution < -0.4 is 5.32 Å². The summed E-state index contributed by atoms with van der Waals surface area (Å²) in [4.78, 5) is 2.63. The Morgan fingerprint density at radius 1 is 1.28 bits per heavy atom. The van der Waals surface area contributed by atoms with Gasteiger partial charge >= 0.3 is 0 Å². The van der Waals surface area contributed by atoms with E-state index in [1.165, 1.54) is 29.0 Å². The van der Waals surface area contributed by atoms with Crippen LogP contribution in [0.5, 0.6) is 0 Å². The molecule has 0 aliphatic carbocycles. The van der Waals surface area contributed by atoms with Gasteiger partial charge < -0.3 is 5.32 Å². The van der Waals surface area contributed by atoms with Crippen molar-refractivity contribution in [3.05, 3.63) is 34.9 Å². The molecule has 0 saturated carbocycles. The Kier molecular flexibility index (Phi) is 3.64. The molecule has 18 heavy (non-hydrogen) atoms. The van der Waals surface area contributed by atoms with Crippen molar-refractivity contribution in [3.8, 4) is 0 Å². The van der Waals surface area contributed by atoms with E-state index in [1.54, 1.807) is 0 Å². The molecule has 3 heteroatoms. The monoisotopic (exact) mass is 262 g/mol. The van der Waals surface area contributed by atoms with Crippen LogP contribution in [0, 0.1) is 0 Å². The Hall–Kier alpha value is -0.510. The van der Waals surface area contributed by atoms with E-state index in [-0.39, 0.29) is 0 Å². The molecule has 1 N–H and O–H groups in total. The number of nitrogens with zero attached hydrogens (tertiary/aromatic N) is 1. The minimum atomic E-state index is 0.690.